The summed E-state index contributed by atoms with van der Waals surface area (Å²) in [6.45, 7) is -0.636. The maximum absolute atomic E-state index is 10.5. The summed E-state index contributed by atoms with van der Waals surface area (Å²) >= 11 is 0. The van der Waals surface area contributed by atoms with E-state index in [0.717, 1.165) is 5.56 Å². The summed E-state index contributed by atoms with van der Waals surface area (Å²) in [5.41, 5.74) is 1.02. The molecule has 0 aliphatic heterocycles. The first-order valence-corrected chi connectivity index (χ1v) is 5.11. The van der Waals surface area contributed by atoms with Gasteiger partial charge in [0.25, 0.3) is 6.04 Å². The van der Waals surface area contributed by atoms with Crippen molar-refractivity contribution in [1.29, 1.82) is 0 Å². The van der Waals surface area contributed by atoms with Gasteiger partial charge >= 0.3 is 0 Å². The number of hydrogen-bond acceptors (Lipinski definition) is 4. The van der Waals surface area contributed by atoms with Gasteiger partial charge in [-0.1, -0.05) is 30.3 Å². The number of aliphatic hydroxyl groups excluding tert-OH is 2. The van der Waals surface area contributed by atoms with Gasteiger partial charge in [0.15, 0.2) is 0 Å². The number of rotatable bonds is 6. The highest BCUT2D eigenvalue weighted by molar-refractivity contribution is 5.14. The molecule has 1 aromatic carbocycles. The molecule has 5 heteroatoms. The van der Waals surface area contributed by atoms with Crippen LogP contribution >= 0.6 is 0 Å². The minimum Gasteiger partial charge on any atom is -0.389 e. The quantitative estimate of drug-likeness (QED) is 0.549. The molecule has 0 fully saturated rings. The van der Waals surface area contributed by atoms with Crippen LogP contribution in [-0.2, 0) is 6.42 Å². The third-order valence-corrected chi connectivity index (χ3v) is 2.47. The number of hydrogen-bond donors (Lipinski definition) is 2. The maximum Gasteiger partial charge on any atom is 0.261 e. The Morgan fingerprint density at radius 1 is 1.31 bits per heavy atom. The maximum atomic E-state index is 10.5. The normalized spacial score (nSPS) is 14.4. The van der Waals surface area contributed by atoms with Crippen molar-refractivity contribution >= 4 is 0 Å². The Morgan fingerprint density at radius 2 is 1.94 bits per heavy atom. The highest BCUT2D eigenvalue weighted by Gasteiger charge is 2.28. The highest BCUT2D eigenvalue weighted by atomic mass is 16.6. The van der Waals surface area contributed by atoms with E-state index in [-0.39, 0.29) is 6.42 Å². The standard InChI is InChI=1S/C11H15NO4/c13-8-10(12(15)16)11(14)7-6-9-4-2-1-3-5-9/h1-5,10-11,13-14H,6-8H2. The van der Waals surface area contributed by atoms with Crippen LogP contribution in [-0.4, -0.2) is 33.9 Å². The molecule has 0 aliphatic rings. The van der Waals surface area contributed by atoms with Crippen molar-refractivity contribution in [3.8, 4) is 0 Å². The van der Waals surface area contributed by atoms with Crippen LogP contribution in [0.4, 0.5) is 0 Å². The first-order valence-electron chi connectivity index (χ1n) is 5.11. The van der Waals surface area contributed by atoms with E-state index in [1.807, 2.05) is 30.3 Å². The number of benzene rings is 1. The fourth-order valence-corrected chi connectivity index (χ4v) is 1.48. The van der Waals surface area contributed by atoms with Gasteiger partial charge in [-0.15, -0.1) is 0 Å². The summed E-state index contributed by atoms with van der Waals surface area (Å²) < 4.78 is 0. The zero-order valence-corrected chi connectivity index (χ0v) is 8.82. The summed E-state index contributed by atoms with van der Waals surface area (Å²) in [7, 11) is 0. The molecule has 0 heterocycles. The Hall–Kier alpha value is -1.46. The van der Waals surface area contributed by atoms with Crippen LogP contribution in [0.5, 0.6) is 0 Å². The van der Waals surface area contributed by atoms with E-state index in [1.54, 1.807) is 0 Å². The molecule has 0 spiro atoms. The van der Waals surface area contributed by atoms with Crippen molar-refractivity contribution in [2.75, 3.05) is 6.61 Å². The van der Waals surface area contributed by atoms with Crippen molar-refractivity contribution < 1.29 is 15.1 Å². The van der Waals surface area contributed by atoms with E-state index in [1.165, 1.54) is 0 Å². The molecule has 1 aromatic rings. The average molecular weight is 225 g/mol. The Labute approximate surface area is 93.5 Å². The first kappa shape index (κ1) is 12.6. The zero-order valence-electron chi connectivity index (χ0n) is 8.82. The van der Waals surface area contributed by atoms with Crippen molar-refractivity contribution in [3.63, 3.8) is 0 Å². The summed E-state index contributed by atoms with van der Waals surface area (Å²) in [5, 5.41) is 28.8. The van der Waals surface area contributed by atoms with E-state index in [2.05, 4.69) is 0 Å². The van der Waals surface area contributed by atoms with Crippen molar-refractivity contribution in [1.82, 2.24) is 0 Å². The molecule has 0 saturated carbocycles. The van der Waals surface area contributed by atoms with Crippen molar-refractivity contribution in [3.05, 3.63) is 46.0 Å². The van der Waals surface area contributed by atoms with Crippen LogP contribution in [0.25, 0.3) is 0 Å². The lowest BCUT2D eigenvalue weighted by Crippen LogP contribution is -2.37. The Bertz CT molecular complexity index is 328. The molecule has 0 radical (unpaired) electrons. The molecule has 0 amide bonds. The molecular formula is C11H15NO4. The van der Waals surface area contributed by atoms with E-state index < -0.39 is 23.7 Å². The van der Waals surface area contributed by atoms with Gasteiger partial charge in [0.1, 0.15) is 12.7 Å². The second kappa shape index (κ2) is 6.19. The number of aryl methyl sites for hydroxylation is 1. The molecule has 0 aliphatic carbocycles. The lowest BCUT2D eigenvalue weighted by atomic mass is 10.0. The number of nitro groups is 1. The molecular weight excluding hydrogens is 210 g/mol. The number of nitrogens with zero attached hydrogens (tertiary/aromatic N) is 1. The van der Waals surface area contributed by atoms with Crippen LogP contribution in [0.15, 0.2) is 30.3 Å². The minimum atomic E-state index is -1.29. The van der Waals surface area contributed by atoms with Gasteiger partial charge in [-0.3, -0.25) is 10.1 Å². The van der Waals surface area contributed by atoms with E-state index in [9.17, 15) is 15.2 Å². The smallest absolute Gasteiger partial charge is 0.261 e. The molecule has 2 atom stereocenters. The summed E-state index contributed by atoms with van der Waals surface area (Å²) in [4.78, 5) is 9.83. The Kier molecular flexibility index (Phi) is 4.88. The molecule has 88 valence electrons. The molecule has 1 rings (SSSR count). The zero-order chi connectivity index (χ0) is 12.0. The van der Waals surface area contributed by atoms with Gasteiger partial charge in [-0.25, -0.2) is 0 Å². The SMILES string of the molecule is O=[N+]([O-])C(CO)C(O)CCc1ccccc1. The largest absolute Gasteiger partial charge is 0.389 e. The van der Waals surface area contributed by atoms with Crippen molar-refractivity contribution in [2.24, 2.45) is 0 Å². The lowest BCUT2D eigenvalue weighted by molar-refractivity contribution is -0.537. The topological polar surface area (TPSA) is 83.6 Å². The van der Waals surface area contributed by atoms with Gasteiger partial charge in [-0.05, 0) is 18.4 Å². The van der Waals surface area contributed by atoms with Crippen LogP contribution in [0.1, 0.15) is 12.0 Å². The molecule has 0 saturated heterocycles. The first-order chi connectivity index (χ1) is 7.65. The predicted octanol–water partition coefficient (Wildman–Crippen LogP) is 0.618. The van der Waals surface area contributed by atoms with Gasteiger partial charge in [0.05, 0.1) is 0 Å². The van der Waals surface area contributed by atoms with Gasteiger partial charge in [-0.2, -0.15) is 0 Å². The van der Waals surface area contributed by atoms with Gasteiger partial charge in [0.2, 0.25) is 0 Å². The van der Waals surface area contributed by atoms with E-state index in [0.29, 0.717) is 6.42 Å². The highest BCUT2D eigenvalue weighted by Crippen LogP contribution is 2.08. The van der Waals surface area contributed by atoms with Crippen molar-refractivity contribution in [2.45, 2.75) is 25.0 Å². The van der Waals surface area contributed by atoms with E-state index >= 15 is 0 Å². The van der Waals surface area contributed by atoms with Crippen LogP contribution in [0, 0.1) is 10.1 Å². The minimum absolute atomic E-state index is 0.274. The summed E-state index contributed by atoms with van der Waals surface area (Å²) in [5.74, 6) is 0. The predicted molar refractivity (Wildman–Crippen MR) is 58.6 cm³/mol. The average Bonchev–Trinajstić information content (AvgIpc) is 2.28. The molecule has 5 nitrogen and oxygen atoms in total. The number of aliphatic hydroxyl groups is 2. The Morgan fingerprint density at radius 3 is 2.44 bits per heavy atom. The van der Waals surface area contributed by atoms with Gasteiger partial charge < -0.3 is 10.2 Å². The molecule has 2 N–H and O–H groups in total. The molecule has 0 bridgehead atoms. The second-order valence-corrected chi connectivity index (χ2v) is 3.63. The lowest BCUT2D eigenvalue weighted by Gasteiger charge is -2.13. The van der Waals surface area contributed by atoms with Crippen LogP contribution in [0.3, 0.4) is 0 Å². The second-order valence-electron chi connectivity index (χ2n) is 3.63. The van der Waals surface area contributed by atoms with Crippen LogP contribution in [0.2, 0.25) is 0 Å². The third kappa shape index (κ3) is 3.60. The van der Waals surface area contributed by atoms with Gasteiger partial charge in [0, 0.05) is 4.92 Å². The summed E-state index contributed by atoms with van der Waals surface area (Å²) in [6, 6.07) is 8.13. The Balaban J connectivity index is 2.46. The summed E-state index contributed by atoms with van der Waals surface area (Å²) in [6.07, 6.45) is -0.275. The van der Waals surface area contributed by atoms with Crippen LogP contribution < -0.4 is 0 Å². The van der Waals surface area contributed by atoms with E-state index in [4.69, 9.17) is 5.11 Å². The monoisotopic (exact) mass is 225 g/mol. The fraction of sp³-hybridized carbons (Fsp3) is 0.455. The third-order valence-electron chi connectivity index (χ3n) is 2.47. The fourth-order valence-electron chi connectivity index (χ4n) is 1.48. The molecule has 16 heavy (non-hydrogen) atoms. The molecule has 0 aromatic heterocycles. The molecule has 2 unspecified atom stereocenters.